The number of hydrogen-bond acceptors (Lipinski definition) is 4. The Labute approximate surface area is 156 Å². The molecule has 2 aromatic carbocycles. The molecule has 0 atom stereocenters. The maximum atomic E-state index is 12.8. The molecular formula is C21H20N2O4. The topological polar surface area (TPSA) is 71.8 Å². The van der Waals surface area contributed by atoms with Crippen LogP contribution >= 0.6 is 0 Å². The number of carbonyl (C=O) groups excluding carboxylic acids is 2. The molecule has 6 heteroatoms. The Bertz CT molecular complexity index is 1070. The van der Waals surface area contributed by atoms with Crippen LogP contribution in [0.5, 0.6) is 5.75 Å². The summed E-state index contributed by atoms with van der Waals surface area (Å²) in [4.78, 5) is 26.4. The van der Waals surface area contributed by atoms with Crippen LogP contribution in [0.4, 0.5) is 11.4 Å². The van der Waals surface area contributed by atoms with Gasteiger partial charge in [-0.2, -0.15) is 0 Å². The van der Waals surface area contributed by atoms with E-state index in [0.717, 1.165) is 16.5 Å². The van der Waals surface area contributed by atoms with E-state index < -0.39 is 0 Å². The number of anilines is 2. The number of ether oxygens (including phenoxy) is 1. The molecule has 1 aliphatic rings. The van der Waals surface area contributed by atoms with Gasteiger partial charge in [-0.05, 0) is 51.1 Å². The van der Waals surface area contributed by atoms with Crippen LogP contribution in [-0.4, -0.2) is 25.0 Å². The number of amides is 2. The second-order valence-corrected chi connectivity index (χ2v) is 6.62. The minimum Gasteiger partial charge on any atom is -0.482 e. The number of furan rings is 1. The summed E-state index contributed by atoms with van der Waals surface area (Å²) in [5, 5.41) is 3.79. The first-order valence-corrected chi connectivity index (χ1v) is 8.86. The lowest BCUT2D eigenvalue weighted by Gasteiger charge is -2.28. The van der Waals surface area contributed by atoms with E-state index in [1.807, 2.05) is 39.0 Å². The summed E-state index contributed by atoms with van der Waals surface area (Å²) in [6, 6.07) is 11.1. The normalized spacial score (nSPS) is 13.4. The first-order valence-electron chi connectivity index (χ1n) is 8.86. The van der Waals surface area contributed by atoms with Gasteiger partial charge in [0.15, 0.2) is 12.4 Å². The highest BCUT2D eigenvalue weighted by atomic mass is 16.5. The van der Waals surface area contributed by atoms with Crippen molar-refractivity contribution in [3.05, 3.63) is 53.3 Å². The zero-order chi connectivity index (χ0) is 19.1. The maximum Gasteiger partial charge on any atom is 0.291 e. The van der Waals surface area contributed by atoms with Gasteiger partial charge < -0.3 is 19.4 Å². The van der Waals surface area contributed by atoms with Crippen LogP contribution in [0.3, 0.4) is 0 Å². The lowest BCUT2D eigenvalue weighted by Crippen LogP contribution is -2.38. The molecule has 3 aromatic rings. The van der Waals surface area contributed by atoms with Crippen LogP contribution in [0.25, 0.3) is 11.0 Å². The molecule has 0 saturated carbocycles. The number of benzene rings is 2. The number of nitrogens with zero attached hydrogens (tertiary/aromatic N) is 1. The maximum absolute atomic E-state index is 12.8. The van der Waals surface area contributed by atoms with Crippen LogP contribution < -0.4 is 15.0 Å². The quantitative estimate of drug-likeness (QED) is 0.761. The zero-order valence-electron chi connectivity index (χ0n) is 15.5. The molecule has 1 aromatic heterocycles. The van der Waals surface area contributed by atoms with Crippen molar-refractivity contribution in [3.63, 3.8) is 0 Å². The summed E-state index contributed by atoms with van der Waals surface area (Å²) in [6.07, 6.45) is 0. The van der Waals surface area contributed by atoms with Crippen molar-refractivity contribution >= 4 is 34.2 Å². The molecule has 0 saturated heterocycles. The monoisotopic (exact) mass is 364 g/mol. The SMILES string of the molecule is CCN1C(=O)COc2ccc(NC(=O)c3oc4ccc(C)cc4c3C)cc21. The minimum atomic E-state index is -0.326. The van der Waals surface area contributed by atoms with E-state index >= 15 is 0 Å². The van der Waals surface area contributed by atoms with Gasteiger partial charge >= 0.3 is 0 Å². The predicted molar refractivity (Wildman–Crippen MR) is 104 cm³/mol. The van der Waals surface area contributed by atoms with Crippen molar-refractivity contribution < 1.29 is 18.7 Å². The smallest absolute Gasteiger partial charge is 0.291 e. The van der Waals surface area contributed by atoms with E-state index in [2.05, 4.69) is 5.32 Å². The van der Waals surface area contributed by atoms with Crippen LogP contribution in [-0.2, 0) is 4.79 Å². The first kappa shape index (κ1) is 17.1. The molecule has 27 heavy (non-hydrogen) atoms. The largest absolute Gasteiger partial charge is 0.482 e. The number of fused-ring (bicyclic) bond motifs is 2. The lowest BCUT2D eigenvalue weighted by molar-refractivity contribution is -0.121. The van der Waals surface area contributed by atoms with Crippen molar-refractivity contribution in [2.45, 2.75) is 20.8 Å². The summed E-state index contributed by atoms with van der Waals surface area (Å²) in [6.45, 7) is 6.34. The van der Waals surface area contributed by atoms with Crippen LogP contribution in [0.2, 0.25) is 0 Å². The summed E-state index contributed by atoms with van der Waals surface area (Å²) in [5.41, 5.74) is 3.83. The van der Waals surface area contributed by atoms with Gasteiger partial charge in [0.05, 0.1) is 5.69 Å². The fourth-order valence-electron chi connectivity index (χ4n) is 3.37. The van der Waals surface area contributed by atoms with Crippen molar-refractivity contribution in [2.24, 2.45) is 0 Å². The minimum absolute atomic E-state index is 0.0319. The number of carbonyl (C=O) groups is 2. The van der Waals surface area contributed by atoms with E-state index in [0.29, 0.717) is 29.3 Å². The summed E-state index contributed by atoms with van der Waals surface area (Å²) < 4.78 is 11.2. The molecule has 2 heterocycles. The molecule has 0 bridgehead atoms. The third-order valence-electron chi connectivity index (χ3n) is 4.77. The predicted octanol–water partition coefficient (Wildman–Crippen LogP) is 4.05. The Morgan fingerprint density at radius 3 is 2.78 bits per heavy atom. The molecule has 4 rings (SSSR count). The van der Waals surface area contributed by atoms with Gasteiger partial charge in [0, 0.05) is 23.2 Å². The first-order chi connectivity index (χ1) is 13.0. The molecule has 0 unspecified atom stereocenters. The second-order valence-electron chi connectivity index (χ2n) is 6.62. The number of hydrogen-bond donors (Lipinski definition) is 1. The Balaban J connectivity index is 1.65. The average Bonchev–Trinajstić information content (AvgIpc) is 2.98. The van der Waals surface area contributed by atoms with Crippen LogP contribution in [0.15, 0.2) is 40.8 Å². The Morgan fingerprint density at radius 1 is 1.19 bits per heavy atom. The summed E-state index contributed by atoms with van der Waals surface area (Å²) >= 11 is 0. The molecule has 1 aliphatic heterocycles. The van der Waals surface area contributed by atoms with Gasteiger partial charge in [-0.3, -0.25) is 9.59 Å². The van der Waals surface area contributed by atoms with Gasteiger partial charge in [0.2, 0.25) is 0 Å². The van der Waals surface area contributed by atoms with Gasteiger partial charge in [-0.15, -0.1) is 0 Å². The third-order valence-corrected chi connectivity index (χ3v) is 4.77. The van der Waals surface area contributed by atoms with Gasteiger partial charge in [0.1, 0.15) is 11.3 Å². The summed E-state index contributed by atoms with van der Waals surface area (Å²) in [7, 11) is 0. The van der Waals surface area contributed by atoms with E-state index in [9.17, 15) is 9.59 Å². The van der Waals surface area contributed by atoms with E-state index in [1.54, 1.807) is 23.1 Å². The fourth-order valence-corrected chi connectivity index (χ4v) is 3.37. The molecule has 0 aliphatic carbocycles. The van der Waals surface area contributed by atoms with E-state index in [1.165, 1.54) is 0 Å². The zero-order valence-corrected chi connectivity index (χ0v) is 15.5. The average molecular weight is 364 g/mol. The van der Waals surface area contributed by atoms with Crippen molar-refractivity contribution in [2.75, 3.05) is 23.4 Å². The van der Waals surface area contributed by atoms with Gasteiger partial charge in [-0.1, -0.05) is 11.6 Å². The van der Waals surface area contributed by atoms with E-state index in [4.69, 9.17) is 9.15 Å². The van der Waals surface area contributed by atoms with Crippen molar-refractivity contribution in [3.8, 4) is 5.75 Å². The van der Waals surface area contributed by atoms with Gasteiger partial charge in [-0.25, -0.2) is 0 Å². The highest BCUT2D eigenvalue weighted by Gasteiger charge is 2.25. The number of likely N-dealkylation sites (N-methyl/N-ethyl adjacent to an activating group) is 1. The molecule has 0 radical (unpaired) electrons. The molecule has 6 nitrogen and oxygen atoms in total. The third kappa shape index (κ3) is 2.93. The van der Waals surface area contributed by atoms with E-state index in [-0.39, 0.29) is 24.2 Å². The molecular weight excluding hydrogens is 344 g/mol. The standard InChI is InChI=1S/C21H20N2O4/c1-4-23-16-10-14(6-8-18(16)26-11-19(23)24)22-21(25)20-13(3)15-9-12(2)5-7-17(15)27-20/h5-10H,4,11H2,1-3H3,(H,22,25). The lowest BCUT2D eigenvalue weighted by atomic mass is 10.1. The highest BCUT2D eigenvalue weighted by molar-refractivity contribution is 6.07. The fraction of sp³-hybridized carbons (Fsp3) is 0.238. The summed E-state index contributed by atoms with van der Waals surface area (Å²) in [5.74, 6) is 0.488. The van der Waals surface area contributed by atoms with Crippen LogP contribution in [0, 0.1) is 13.8 Å². The molecule has 2 amide bonds. The highest BCUT2D eigenvalue weighted by Crippen LogP contribution is 2.35. The molecule has 0 spiro atoms. The molecule has 1 N–H and O–H groups in total. The number of aryl methyl sites for hydroxylation is 2. The Morgan fingerprint density at radius 2 is 2.00 bits per heavy atom. The molecule has 0 fully saturated rings. The number of nitrogens with one attached hydrogen (secondary N) is 1. The van der Waals surface area contributed by atoms with Crippen molar-refractivity contribution in [1.29, 1.82) is 0 Å². The van der Waals surface area contributed by atoms with Crippen molar-refractivity contribution in [1.82, 2.24) is 0 Å². The Kier molecular flexibility index (Phi) is 4.11. The Hall–Kier alpha value is -3.28. The second kappa shape index (κ2) is 6.46. The molecule has 138 valence electrons. The van der Waals surface area contributed by atoms with Crippen LogP contribution in [0.1, 0.15) is 28.6 Å². The van der Waals surface area contributed by atoms with Gasteiger partial charge in [0.25, 0.3) is 11.8 Å². The number of rotatable bonds is 3.